The number of nitrogens with zero attached hydrogens (tertiary/aromatic N) is 1. The van der Waals surface area contributed by atoms with Gasteiger partial charge in [-0.05, 0) is 64.0 Å². The van der Waals surface area contributed by atoms with Crippen molar-refractivity contribution >= 4 is 38.5 Å². The van der Waals surface area contributed by atoms with Crippen LogP contribution in [-0.2, 0) is 31.0 Å². The van der Waals surface area contributed by atoms with Gasteiger partial charge in [0, 0.05) is 5.39 Å². The standard InChI is InChI=1S/C22H27FN2O6S.K/c1-13(2)31-21(28)22(3,4)9-5-6-14-7-8-15-11-17(26)20(19(23)16(15)10-14)25-12-18(27)24-32(25,29)30;/h7-8,10-11,13,26H,5-6,9,12H2,1-4H3,(H,24,27);/q;+1/p-1. The summed E-state index contributed by atoms with van der Waals surface area (Å²) < 4.78 is 46.9. The molecular weight excluding hydrogens is 478 g/mol. The van der Waals surface area contributed by atoms with E-state index in [4.69, 9.17) is 4.74 Å². The number of anilines is 1. The van der Waals surface area contributed by atoms with E-state index in [2.05, 4.69) is 0 Å². The van der Waals surface area contributed by atoms with Crippen LogP contribution in [0.1, 0.15) is 46.1 Å². The van der Waals surface area contributed by atoms with Crippen molar-refractivity contribution in [2.45, 2.75) is 53.1 Å². The molecule has 0 radical (unpaired) electrons. The molecule has 0 bridgehead atoms. The summed E-state index contributed by atoms with van der Waals surface area (Å²) in [7, 11) is -4.31. The number of esters is 1. The maximum Gasteiger partial charge on any atom is 1.00 e. The first-order chi connectivity index (χ1) is 14.8. The molecule has 0 unspecified atom stereocenters. The molecule has 0 saturated carbocycles. The maximum absolute atomic E-state index is 15.3. The Morgan fingerprint density at radius 2 is 1.97 bits per heavy atom. The van der Waals surface area contributed by atoms with Crippen molar-refractivity contribution in [1.82, 2.24) is 4.72 Å². The number of carbonyl (C=O) groups is 2. The first-order valence-corrected chi connectivity index (χ1v) is 11.7. The smallest absolute Gasteiger partial charge is 0.871 e. The Balaban J connectivity index is 0.00000385. The fourth-order valence-corrected chi connectivity index (χ4v) is 4.77. The molecule has 2 aromatic carbocycles. The number of benzene rings is 2. The molecule has 1 fully saturated rings. The normalized spacial score (nSPS) is 15.5. The van der Waals surface area contributed by atoms with E-state index in [1.165, 1.54) is 0 Å². The maximum atomic E-state index is 15.3. The van der Waals surface area contributed by atoms with E-state index >= 15 is 4.39 Å². The third kappa shape index (κ3) is 6.26. The van der Waals surface area contributed by atoms with Crippen LogP contribution in [0.3, 0.4) is 0 Å². The summed E-state index contributed by atoms with van der Waals surface area (Å²) in [6.45, 7) is 6.55. The van der Waals surface area contributed by atoms with Crippen LogP contribution < -0.4 is 65.5 Å². The van der Waals surface area contributed by atoms with E-state index in [1.807, 2.05) is 13.8 Å². The number of fused-ring (bicyclic) bond motifs is 1. The summed E-state index contributed by atoms with van der Waals surface area (Å²) in [4.78, 5) is 23.7. The molecule has 8 nitrogen and oxygen atoms in total. The third-order valence-electron chi connectivity index (χ3n) is 5.31. The van der Waals surface area contributed by atoms with Gasteiger partial charge in [0.05, 0.1) is 17.2 Å². The first kappa shape index (κ1) is 28.0. The fourth-order valence-electron chi connectivity index (χ4n) is 3.61. The van der Waals surface area contributed by atoms with Crippen LogP contribution in [0.25, 0.3) is 10.8 Å². The van der Waals surface area contributed by atoms with Gasteiger partial charge in [0.1, 0.15) is 6.54 Å². The Morgan fingerprint density at radius 1 is 1.30 bits per heavy atom. The molecule has 174 valence electrons. The van der Waals surface area contributed by atoms with Gasteiger partial charge in [-0.2, -0.15) is 8.42 Å². The molecule has 2 aromatic rings. The largest absolute Gasteiger partial charge is 1.00 e. The number of hydrogen-bond donors (Lipinski definition) is 1. The van der Waals surface area contributed by atoms with Gasteiger partial charge in [-0.25, -0.2) is 13.4 Å². The molecule has 0 aliphatic carbocycles. The number of aryl methyl sites for hydroxylation is 1. The molecule has 1 heterocycles. The summed E-state index contributed by atoms with van der Waals surface area (Å²) in [6, 6.07) is 6.07. The van der Waals surface area contributed by atoms with E-state index in [9.17, 15) is 23.1 Å². The minimum absolute atomic E-state index is 0. The van der Waals surface area contributed by atoms with Gasteiger partial charge in [-0.3, -0.25) is 9.59 Å². The SMILES string of the molecule is CC(C)OC(=O)C(C)(C)CCCc1ccc2cc([O-])c(N3CC(=O)NS3(=O)=O)c(F)c2c1.[K+]. The van der Waals surface area contributed by atoms with Crippen molar-refractivity contribution in [1.29, 1.82) is 0 Å². The van der Waals surface area contributed by atoms with Crippen LogP contribution in [0.2, 0.25) is 0 Å². The molecule has 1 aliphatic rings. The van der Waals surface area contributed by atoms with Crippen LogP contribution in [0.5, 0.6) is 5.75 Å². The monoisotopic (exact) mass is 504 g/mol. The van der Waals surface area contributed by atoms with E-state index in [-0.39, 0.29) is 68.8 Å². The van der Waals surface area contributed by atoms with Crippen molar-refractivity contribution in [3.63, 3.8) is 0 Å². The van der Waals surface area contributed by atoms with E-state index in [1.54, 1.807) is 36.8 Å². The number of rotatable bonds is 7. The molecule has 1 amide bonds. The molecule has 11 heteroatoms. The van der Waals surface area contributed by atoms with Crippen LogP contribution >= 0.6 is 0 Å². The zero-order valence-electron chi connectivity index (χ0n) is 19.4. The topological polar surface area (TPSA) is 116 Å². The summed E-state index contributed by atoms with van der Waals surface area (Å²) in [6.07, 6.45) is 1.54. The molecule has 0 aromatic heterocycles. The molecule has 1 saturated heterocycles. The molecule has 1 aliphatic heterocycles. The van der Waals surface area contributed by atoms with Crippen LogP contribution in [0, 0.1) is 11.2 Å². The Hall–Kier alpha value is -1.24. The first-order valence-electron chi connectivity index (χ1n) is 10.3. The fraction of sp³-hybridized carbons (Fsp3) is 0.455. The van der Waals surface area contributed by atoms with E-state index < -0.39 is 45.3 Å². The summed E-state index contributed by atoms with van der Waals surface area (Å²) in [5.41, 5.74) is -0.571. The zero-order chi connectivity index (χ0) is 23.8. The van der Waals surface area contributed by atoms with Gasteiger partial charge in [0.2, 0.25) is 0 Å². The predicted molar refractivity (Wildman–Crippen MR) is 116 cm³/mol. The van der Waals surface area contributed by atoms with Gasteiger partial charge in [-0.1, -0.05) is 23.9 Å². The van der Waals surface area contributed by atoms with Crippen molar-refractivity contribution in [3.8, 4) is 5.75 Å². The van der Waals surface area contributed by atoms with Crippen LogP contribution in [-0.4, -0.2) is 32.9 Å². The second-order valence-corrected chi connectivity index (χ2v) is 10.4. The van der Waals surface area contributed by atoms with Crippen molar-refractivity contribution in [2.24, 2.45) is 5.41 Å². The summed E-state index contributed by atoms with van der Waals surface area (Å²) in [5, 5.41) is 12.8. The second-order valence-electron chi connectivity index (χ2n) is 8.82. The van der Waals surface area contributed by atoms with Gasteiger partial charge < -0.3 is 9.84 Å². The van der Waals surface area contributed by atoms with Gasteiger partial charge in [0.15, 0.2) is 5.82 Å². The minimum Gasteiger partial charge on any atom is -0.871 e. The number of nitrogens with one attached hydrogen (secondary N) is 1. The summed E-state index contributed by atoms with van der Waals surface area (Å²) >= 11 is 0. The van der Waals surface area contributed by atoms with E-state index in [0.717, 1.165) is 11.6 Å². The Labute approximate surface area is 235 Å². The van der Waals surface area contributed by atoms with Crippen molar-refractivity contribution in [3.05, 3.63) is 35.6 Å². The van der Waals surface area contributed by atoms with Crippen LogP contribution in [0.4, 0.5) is 10.1 Å². The quantitative estimate of drug-likeness (QED) is 0.403. The van der Waals surface area contributed by atoms with Crippen molar-refractivity contribution in [2.75, 3.05) is 10.8 Å². The Morgan fingerprint density at radius 3 is 2.55 bits per heavy atom. The van der Waals surface area contributed by atoms with Gasteiger partial charge in [0.25, 0.3) is 5.91 Å². The average Bonchev–Trinajstić information content (AvgIpc) is 2.93. The number of ether oxygens (including phenoxy) is 1. The predicted octanol–water partition coefficient (Wildman–Crippen LogP) is -0.462. The Kier molecular flexibility index (Phi) is 8.97. The summed E-state index contributed by atoms with van der Waals surface area (Å²) in [5.74, 6) is -2.93. The van der Waals surface area contributed by atoms with Crippen molar-refractivity contribution < 1.29 is 83.6 Å². The molecule has 3 rings (SSSR count). The van der Waals surface area contributed by atoms with E-state index in [0.29, 0.717) is 29.0 Å². The van der Waals surface area contributed by atoms with Crippen LogP contribution in [0.15, 0.2) is 24.3 Å². The number of carbonyl (C=O) groups excluding carboxylic acids is 2. The molecule has 0 atom stereocenters. The number of hydrogen-bond acceptors (Lipinski definition) is 6. The number of amides is 1. The van der Waals surface area contributed by atoms with Gasteiger partial charge in [-0.15, -0.1) is 0 Å². The van der Waals surface area contributed by atoms with Gasteiger partial charge >= 0.3 is 67.6 Å². The molecular formula is C22H26FKN2O6S. The minimum atomic E-state index is -4.31. The zero-order valence-corrected chi connectivity index (χ0v) is 23.3. The third-order valence-corrected chi connectivity index (χ3v) is 6.69. The number of halogens is 1. The molecule has 33 heavy (non-hydrogen) atoms. The molecule has 0 spiro atoms. The Bertz CT molecular complexity index is 1180. The average molecular weight is 505 g/mol. The second kappa shape index (κ2) is 10.6. The molecule has 1 N–H and O–H groups in total.